The van der Waals surface area contributed by atoms with Crippen LogP contribution in [0, 0.1) is 0 Å². The third-order valence-corrected chi connectivity index (χ3v) is 6.13. The number of hydrogen-bond acceptors (Lipinski definition) is 8. The molecule has 4 N–H and O–H groups in total. The van der Waals surface area contributed by atoms with Crippen LogP contribution in [0.25, 0.3) is 11.4 Å². The molecule has 4 rings (SSSR count). The van der Waals surface area contributed by atoms with E-state index in [2.05, 4.69) is 20.5 Å². The maximum Gasteiger partial charge on any atom is 0.323 e. The molecule has 0 unspecified atom stereocenters. The number of carbonyl (C=O) groups is 1. The van der Waals surface area contributed by atoms with Gasteiger partial charge in [0, 0.05) is 36.1 Å². The number of urea groups is 1. The fourth-order valence-corrected chi connectivity index (χ4v) is 4.27. The summed E-state index contributed by atoms with van der Waals surface area (Å²) in [6.07, 6.45) is 1.94. The van der Waals surface area contributed by atoms with Crippen LogP contribution >= 0.6 is 23.4 Å². The van der Waals surface area contributed by atoms with Crippen molar-refractivity contribution in [1.82, 2.24) is 9.97 Å². The number of thioether (sulfide) groups is 1. The Morgan fingerprint density at radius 2 is 1.70 bits per heavy atom. The van der Waals surface area contributed by atoms with Gasteiger partial charge in [-0.2, -0.15) is 0 Å². The van der Waals surface area contributed by atoms with Crippen molar-refractivity contribution in [2.45, 2.75) is 4.90 Å². The summed E-state index contributed by atoms with van der Waals surface area (Å²) in [4.78, 5) is 24.5. The summed E-state index contributed by atoms with van der Waals surface area (Å²) in [6.45, 7) is 2.74. The first-order valence-electron chi connectivity index (χ1n) is 10.1. The third-order valence-electron chi connectivity index (χ3n) is 4.96. The van der Waals surface area contributed by atoms with E-state index in [4.69, 9.17) is 21.3 Å². The summed E-state index contributed by atoms with van der Waals surface area (Å²) in [7, 11) is 0. The first-order valence-corrected chi connectivity index (χ1v) is 11.7. The average molecular weight is 488 g/mol. The number of nitrogens with zero attached hydrogens (tertiary/aromatic N) is 3. The first-order chi connectivity index (χ1) is 15.9. The number of halogens is 1. The van der Waals surface area contributed by atoms with Crippen LogP contribution in [0.1, 0.15) is 0 Å². The van der Waals surface area contributed by atoms with Crippen molar-refractivity contribution in [3.8, 4) is 22.9 Å². The molecule has 2 amide bonds. The van der Waals surface area contributed by atoms with Crippen LogP contribution in [0.2, 0.25) is 5.15 Å². The number of phenols is 2. The van der Waals surface area contributed by atoms with Gasteiger partial charge in [0.15, 0.2) is 17.3 Å². The van der Waals surface area contributed by atoms with Gasteiger partial charge in [0.05, 0.1) is 18.1 Å². The molecule has 0 bridgehead atoms. The second-order valence-electron chi connectivity index (χ2n) is 7.15. The third kappa shape index (κ3) is 5.41. The molecular weight excluding hydrogens is 466 g/mol. The Morgan fingerprint density at radius 1 is 1.03 bits per heavy atom. The Bertz CT molecular complexity index is 1160. The molecular formula is C22H22ClN5O4S. The van der Waals surface area contributed by atoms with Crippen LogP contribution in [0.15, 0.2) is 47.4 Å². The number of aromatic hydroxyl groups is 2. The van der Waals surface area contributed by atoms with Crippen molar-refractivity contribution in [2.75, 3.05) is 48.1 Å². The van der Waals surface area contributed by atoms with Crippen LogP contribution in [0.4, 0.5) is 22.0 Å². The molecule has 0 spiro atoms. The number of rotatable bonds is 5. The Hall–Kier alpha value is -3.21. The maximum atomic E-state index is 12.2. The molecule has 1 aromatic heterocycles. The number of aromatic nitrogens is 2. The number of nitrogens with one attached hydrogen (secondary N) is 2. The second kappa shape index (κ2) is 10.2. The highest BCUT2D eigenvalue weighted by Gasteiger charge is 2.21. The van der Waals surface area contributed by atoms with E-state index in [1.807, 2.05) is 6.26 Å². The molecule has 9 nitrogen and oxygen atoms in total. The topological polar surface area (TPSA) is 120 Å². The predicted octanol–water partition coefficient (Wildman–Crippen LogP) is 4.41. The minimum atomic E-state index is -0.494. The molecule has 0 aliphatic carbocycles. The van der Waals surface area contributed by atoms with Crippen molar-refractivity contribution in [2.24, 2.45) is 0 Å². The van der Waals surface area contributed by atoms with Gasteiger partial charge in [-0.3, -0.25) is 0 Å². The fraction of sp³-hybridized carbons (Fsp3) is 0.227. The predicted molar refractivity (Wildman–Crippen MR) is 130 cm³/mol. The van der Waals surface area contributed by atoms with Crippen LogP contribution in [-0.2, 0) is 4.74 Å². The lowest BCUT2D eigenvalue weighted by atomic mass is 10.2. The quantitative estimate of drug-likeness (QED) is 0.181. The minimum absolute atomic E-state index is 0.263. The van der Waals surface area contributed by atoms with Crippen LogP contribution in [0.3, 0.4) is 0 Å². The van der Waals surface area contributed by atoms with E-state index < -0.39 is 6.03 Å². The molecule has 33 heavy (non-hydrogen) atoms. The van der Waals surface area contributed by atoms with E-state index in [0.29, 0.717) is 35.6 Å². The second-order valence-corrected chi connectivity index (χ2v) is 8.33. The minimum Gasteiger partial charge on any atom is -0.504 e. The number of phenolic OH excluding ortho intramolecular Hbond substituents is 2. The van der Waals surface area contributed by atoms with Gasteiger partial charge in [0.2, 0.25) is 0 Å². The van der Waals surface area contributed by atoms with Gasteiger partial charge < -0.3 is 30.5 Å². The van der Waals surface area contributed by atoms with E-state index in [1.165, 1.54) is 30.0 Å². The molecule has 0 radical (unpaired) electrons. The van der Waals surface area contributed by atoms with Crippen molar-refractivity contribution in [1.29, 1.82) is 0 Å². The molecule has 172 valence electrons. The lowest BCUT2D eigenvalue weighted by molar-refractivity contribution is 0.122. The first kappa shape index (κ1) is 23.0. The highest BCUT2D eigenvalue weighted by molar-refractivity contribution is 7.98. The van der Waals surface area contributed by atoms with Crippen molar-refractivity contribution < 1.29 is 19.7 Å². The molecule has 0 saturated carbocycles. The maximum absolute atomic E-state index is 12.2. The van der Waals surface area contributed by atoms with Gasteiger partial charge in [-0.1, -0.05) is 11.6 Å². The van der Waals surface area contributed by atoms with E-state index in [9.17, 15) is 15.0 Å². The van der Waals surface area contributed by atoms with Crippen LogP contribution in [-0.4, -0.2) is 58.8 Å². The fourth-order valence-electron chi connectivity index (χ4n) is 3.30. The van der Waals surface area contributed by atoms with Crippen LogP contribution in [0.5, 0.6) is 11.5 Å². The Balaban J connectivity index is 1.50. The highest BCUT2D eigenvalue weighted by atomic mass is 35.5. The molecule has 1 fully saturated rings. The number of carbonyl (C=O) groups excluding carboxylic acids is 1. The Kier molecular flexibility index (Phi) is 7.07. The summed E-state index contributed by atoms with van der Waals surface area (Å²) in [5.41, 5.74) is 1.65. The van der Waals surface area contributed by atoms with Gasteiger partial charge >= 0.3 is 6.03 Å². The smallest absolute Gasteiger partial charge is 0.323 e. The number of morpholine rings is 1. The number of ether oxygens (including phenoxy) is 1. The molecule has 3 aromatic rings. The molecule has 1 aliphatic heterocycles. The number of amides is 2. The molecule has 2 aromatic carbocycles. The van der Waals surface area contributed by atoms with Crippen LogP contribution < -0.4 is 15.5 Å². The lowest BCUT2D eigenvalue weighted by Gasteiger charge is -2.29. The SMILES string of the molecule is CSc1c(Cl)nc(-c2ccc(NC(=O)Nc3ccc(O)c(O)c3)cc2)nc1N1CCOCC1. The van der Waals surface area contributed by atoms with Gasteiger partial charge in [-0.15, -0.1) is 11.8 Å². The number of hydrogen-bond donors (Lipinski definition) is 4. The lowest BCUT2D eigenvalue weighted by Crippen LogP contribution is -2.37. The Labute approximate surface area is 199 Å². The summed E-state index contributed by atoms with van der Waals surface area (Å²) in [6, 6.07) is 10.6. The van der Waals surface area contributed by atoms with E-state index in [-0.39, 0.29) is 11.5 Å². The summed E-state index contributed by atoms with van der Waals surface area (Å²) < 4.78 is 5.45. The normalized spacial score (nSPS) is 13.6. The van der Waals surface area contributed by atoms with E-state index >= 15 is 0 Å². The zero-order valence-corrected chi connectivity index (χ0v) is 19.3. The van der Waals surface area contributed by atoms with Gasteiger partial charge in [0.1, 0.15) is 11.0 Å². The molecule has 2 heterocycles. The standard InChI is InChI=1S/C22H22ClN5O4S/c1-33-18-19(23)26-20(27-21(18)28-8-10-32-11-9-28)13-2-4-14(5-3-13)24-22(31)25-15-6-7-16(29)17(30)12-15/h2-7,12,29-30H,8-11H2,1H3,(H2,24,25,31). The monoisotopic (exact) mass is 487 g/mol. The van der Waals surface area contributed by atoms with Gasteiger partial charge in [-0.25, -0.2) is 14.8 Å². The number of anilines is 3. The Morgan fingerprint density at radius 3 is 2.36 bits per heavy atom. The van der Waals surface area contributed by atoms with Crippen molar-refractivity contribution in [3.05, 3.63) is 47.6 Å². The largest absolute Gasteiger partial charge is 0.504 e. The zero-order valence-electron chi connectivity index (χ0n) is 17.7. The molecule has 1 aliphatic rings. The molecule has 0 atom stereocenters. The van der Waals surface area contributed by atoms with Crippen molar-refractivity contribution >= 4 is 46.6 Å². The highest BCUT2D eigenvalue weighted by Crippen LogP contribution is 2.35. The van der Waals surface area contributed by atoms with E-state index in [1.54, 1.807) is 24.3 Å². The zero-order chi connectivity index (χ0) is 23.4. The van der Waals surface area contributed by atoms with Crippen molar-refractivity contribution in [3.63, 3.8) is 0 Å². The summed E-state index contributed by atoms with van der Waals surface area (Å²) in [5.74, 6) is 0.704. The molecule has 11 heteroatoms. The number of benzene rings is 2. The summed E-state index contributed by atoms with van der Waals surface area (Å²) >= 11 is 7.98. The summed E-state index contributed by atoms with van der Waals surface area (Å²) in [5, 5.41) is 24.6. The average Bonchev–Trinajstić information content (AvgIpc) is 2.82. The van der Waals surface area contributed by atoms with E-state index in [0.717, 1.165) is 29.4 Å². The molecule has 1 saturated heterocycles. The van der Waals surface area contributed by atoms with Gasteiger partial charge in [-0.05, 0) is 42.7 Å². The van der Waals surface area contributed by atoms with Gasteiger partial charge in [0.25, 0.3) is 0 Å².